The van der Waals surface area contributed by atoms with Crippen molar-refractivity contribution in [2.45, 2.75) is 31.9 Å². The maximum absolute atomic E-state index is 15.2. The van der Waals surface area contributed by atoms with Crippen molar-refractivity contribution in [3.05, 3.63) is 76.1 Å². The molecule has 4 aromatic heterocycles. The van der Waals surface area contributed by atoms with Crippen LogP contribution in [-0.2, 0) is 0 Å². The van der Waals surface area contributed by atoms with Gasteiger partial charge in [0.1, 0.15) is 18.1 Å². The van der Waals surface area contributed by atoms with E-state index in [1.165, 1.54) is 29.5 Å². The second kappa shape index (κ2) is 9.93. The highest BCUT2D eigenvalue weighted by Gasteiger charge is 2.33. The molecule has 200 valence electrons. The average molecular weight is 577 g/mol. The number of nitrogens with zero attached hydrogens (tertiary/aromatic N) is 10. The molecule has 0 saturated heterocycles. The van der Waals surface area contributed by atoms with E-state index in [2.05, 4.69) is 30.8 Å². The first kappa shape index (κ1) is 25.2. The molecule has 0 bridgehead atoms. The number of tetrazole rings is 1. The fourth-order valence-corrected chi connectivity index (χ4v) is 4.79. The van der Waals surface area contributed by atoms with E-state index in [0.717, 1.165) is 12.8 Å². The van der Waals surface area contributed by atoms with Gasteiger partial charge in [-0.05, 0) is 41.0 Å². The maximum atomic E-state index is 15.2. The van der Waals surface area contributed by atoms with Crippen LogP contribution in [0, 0.1) is 16.9 Å². The van der Waals surface area contributed by atoms with E-state index >= 15 is 4.39 Å². The lowest BCUT2D eigenvalue weighted by molar-refractivity contribution is -0.615. The first-order valence-corrected chi connectivity index (χ1v) is 12.5. The lowest BCUT2D eigenvalue weighted by Gasteiger charge is -2.18. The van der Waals surface area contributed by atoms with Gasteiger partial charge in [0, 0.05) is 17.8 Å². The average Bonchev–Trinajstić information content (AvgIpc) is 3.28. The van der Waals surface area contributed by atoms with Crippen molar-refractivity contribution in [2.24, 2.45) is 5.92 Å². The number of hydrogen-bond acceptors (Lipinski definition) is 7. The Morgan fingerprint density at radius 3 is 2.59 bits per heavy atom. The summed E-state index contributed by atoms with van der Waals surface area (Å²) >= 11 is 12.1. The topological polar surface area (TPSA) is 119 Å². The molecule has 39 heavy (non-hydrogen) atoms. The summed E-state index contributed by atoms with van der Waals surface area (Å²) < 4.78 is 44.7. The summed E-state index contributed by atoms with van der Waals surface area (Å²) in [6.07, 6.45) is 8.21. The van der Waals surface area contributed by atoms with Crippen LogP contribution in [0.2, 0.25) is 10.2 Å². The van der Waals surface area contributed by atoms with E-state index in [4.69, 9.17) is 23.2 Å². The van der Waals surface area contributed by atoms with Crippen LogP contribution in [0.1, 0.15) is 37.5 Å². The lowest BCUT2D eigenvalue weighted by Crippen LogP contribution is -2.35. The zero-order chi connectivity index (χ0) is 27.3. The van der Waals surface area contributed by atoms with E-state index < -0.39 is 18.4 Å². The predicted octanol–water partition coefficient (Wildman–Crippen LogP) is 4.65. The van der Waals surface area contributed by atoms with Crippen LogP contribution in [0.5, 0.6) is 0 Å². The van der Waals surface area contributed by atoms with Crippen LogP contribution in [0.3, 0.4) is 0 Å². The smallest absolute Gasteiger partial charge is 0.348 e. The Hall–Kier alpha value is -4.04. The molecule has 1 aliphatic rings. The first-order chi connectivity index (χ1) is 18.8. The molecule has 6 rings (SSSR count). The SMILES string of the molecule is [O-][n+]1cc(-c2c(-n3cnnn3)ccc(Cl)c2F)ccc1[C@@H](CC1CC1)n1cc(-c2nn(C(F)F)nc2Cl)cn1. The Balaban J connectivity index is 1.39. The van der Waals surface area contributed by atoms with Gasteiger partial charge < -0.3 is 5.21 Å². The molecule has 4 heterocycles. The van der Waals surface area contributed by atoms with Gasteiger partial charge in [-0.2, -0.15) is 23.3 Å². The van der Waals surface area contributed by atoms with Crippen LogP contribution >= 0.6 is 23.2 Å². The molecule has 11 nitrogen and oxygen atoms in total. The molecular formula is C23H17Cl2F3N10O. The minimum absolute atomic E-state index is 0.0466. The predicted molar refractivity (Wildman–Crippen MR) is 132 cm³/mol. The van der Waals surface area contributed by atoms with Crippen molar-refractivity contribution < 1.29 is 17.9 Å². The molecule has 1 saturated carbocycles. The summed E-state index contributed by atoms with van der Waals surface area (Å²) in [7, 11) is 0. The monoisotopic (exact) mass is 576 g/mol. The molecule has 16 heteroatoms. The summed E-state index contributed by atoms with van der Waals surface area (Å²) in [5.74, 6) is -0.334. The third kappa shape index (κ3) is 4.81. The molecule has 0 N–H and O–H groups in total. The van der Waals surface area contributed by atoms with Crippen LogP contribution in [0.15, 0.2) is 49.2 Å². The number of hydrogen-bond donors (Lipinski definition) is 0. The summed E-state index contributed by atoms with van der Waals surface area (Å²) in [6, 6.07) is 5.65. The Morgan fingerprint density at radius 1 is 1.10 bits per heavy atom. The first-order valence-electron chi connectivity index (χ1n) is 11.7. The number of benzene rings is 1. The lowest BCUT2D eigenvalue weighted by atomic mass is 10.0. The second-order valence-corrected chi connectivity index (χ2v) is 9.78. The van der Waals surface area contributed by atoms with Gasteiger partial charge >= 0.3 is 6.55 Å². The second-order valence-electron chi connectivity index (χ2n) is 9.02. The highest BCUT2D eigenvalue weighted by molar-refractivity contribution is 6.31. The number of rotatable bonds is 8. The summed E-state index contributed by atoms with van der Waals surface area (Å²) in [6.45, 7) is -2.95. The highest BCUT2D eigenvalue weighted by Crippen LogP contribution is 2.40. The van der Waals surface area contributed by atoms with Crippen LogP contribution in [0.25, 0.3) is 28.1 Å². The minimum Gasteiger partial charge on any atom is -0.618 e. The molecule has 0 aliphatic heterocycles. The van der Waals surface area contributed by atoms with Gasteiger partial charge in [0.05, 0.1) is 28.0 Å². The van der Waals surface area contributed by atoms with E-state index in [1.807, 2.05) is 0 Å². The van der Waals surface area contributed by atoms with Crippen LogP contribution in [0.4, 0.5) is 13.2 Å². The van der Waals surface area contributed by atoms with Gasteiger partial charge in [0.25, 0.3) is 0 Å². The van der Waals surface area contributed by atoms with Gasteiger partial charge in [-0.25, -0.2) is 4.39 Å². The zero-order valence-corrected chi connectivity index (χ0v) is 21.3. The van der Waals surface area contributed by atoms with Crippen molar-refractivity contribution in [1.29, 1.82) is 0 Å². The Morgan fingerprint density at radius 2 is 1.92 bits per heavy atom. The molecule has 0 amide bonds. The van der Waals surface area contributed by atoms with Crippen molar-refractivity contribution in [3.63, 3.8) is 0 Å². The number of halogens is 5. The molecule has 0 spiro atoms. The van der Waals surface area contributed by atoms with Crippen molar-refractivity contribution >= 4 is 23.2 Å². The third-order valence-electron chi connectivity index (χ3n) is 6.45. The molecule has 1 aromatic carbocycles. The van der Waals surface area contributed by atoms with E-state index in [1.54, 1.807) is 29.1 Å². The highest BCUT2D eigenvalue weighted by atomic mass is 35.5. The molecule has 5 aromatic rings. The van der Waals surface area contributed by atoms with Gasteiger partial charge in [0.2, 0.25) is 5.69 Å². The van der Waals surface area contributed by atoms with E-state index in [0.29, 0.717) is 34.0 Å². The van der Waals surface area contributed by atoms with Gasteiger partial charge in [0.15, 0.2) is 17.2 Å². The largest absolute Gasteiger partial charge is 0.618 e. The molecule has 0 radical (unpaired) electrons. The Kier molecular flexibility index (Phi) is 6.43. The maximum Gasteiger partial charge on any atom is 0.348 e. The van der Waals surface area contributed by atoms with Crippen molar-refractivity contribution in [2.75, 3.05) is 0 Å². The molecule has 1 aliphatic carbocycles. The number of alkyl halides is 2. The van der Waals surface area contributed by atoms with Crippen LogP contribution in [-0.4, -0.2) is 45.0 Å². The summed E-state index contributed by atoms with van der Waals surface area (Å²) in [5.41, 5.74) is 1.40. The van der Waals surface area contributed by atoms with Gasteiger partial charge in [-0.15, -0.1) is 20.1 Å². The molecular weight excluding hydrogens is 560 g/mol. The van der Waals surface area contributed by atoms with Crippen molar-refractivity contribution in [1.82, 2.24) is 45.0 Å². The number of aromatic nitrogens is 10. The quantitative estimate of drug-likeness (QED) is 0.195. The fraction of sp³-hybridized carbons (Fsp3) is 0.261. The normalized spacial score (nSPS) is 14.3. The summed E-state index contributed by atoms with van der Waals surface area (Å²) in [5, 5.41) is 35.7. The van der Waals surface area contributed by atoms with Gasteiger partial charge in [-0.1, -0.05) is 36.0 Å². The number of pyridine rings is 1. The van der Waals surface area contributed by atoms with Crippen molar-refractivity contribution in [3.8, 4) is 28.1 Å². The Bertz CT molecular complexity index is 1650. The van der Waals surface area contributed by atoms with E-state index in [9.17, 15) is 14.0 Å². The zero-order valence-electron chi connectivity index (χ0n) is 19.7. The third-order valence-corrected chi connectivity index (χ3v) is 7.00. The van der Waals surface area contributed by atoms with E-state index in [-0.39, 0.29) is 31.8 Å². The minimum atomic E-state index is -2.95. The Labute approximate surface area is 228 Å². The standard InChI is InChI=1S/C23H17Cl2F3N10O/c24-15-4-6-17(36-11-29-33-34-36)19(20(15)26)13-3-5-16(37(39)10-13)18(7-12-1-2-12)35-9-14(8-30-35)21-22(25)32-38(31-21)23(27)28/h3-6,8-12,18,23H,1-2,7H2/t18-/m1/s1. The fourth-order valence-electron chi connectivity index (χ4n) is 4.41. The molecule has 0 unspecified atom stereocenters. The molecule has 1 atom stereocenters. The van der Waals surface area contributed by atoms with Gasteiger partial charge in [-0.3, -0.25) is 4.68 Å². The van der Waals surface area contributed by atoms with Crippen LogP contribution < -0.4 is 4.73 Å². The summed E-state index contributed by atoms with van der Waals surface area (Å²) in [4.78, 5) is 0.222. The molecule has 1 fully saturated rings.